The van der Waals surface area contributed by atoms with Gasteiger partial charge in [-0.3, -0.25) is 0 Å². The standard InChI is InChI=1S/C19H26N4O3S.HI/c1-26-13-12-23-27(24,25)18-9-5-8-17(14-18)15-22-19(20)21-11-10-16-6-3-2-4-7-16;/h2-9,14,23H,10-13,15H2,1H3,(H3,20,21,22);1H. The highest BCUT2D eigenvalue weighted by molar-refractivity contribution is 14.0. The highest BCUT2D eigenvalue weighted by Crippen LogP contribution is 2.12. The van der Waals surface area contributed by atoms with Crippen LogP contribution in [-0.4, -0.2) is 41.2 Å². The highest BCUT2D eigenvalue weighted by Gasteiger charge is 2.13. The molecule has 0 saturated carbocycles. The Balaban J connectivity index is 0.00000392. The van der Waals surface area contributed by atoms with E-state index in [2.05, 4.69) is 27.2 Å². The number of nitrogens with two attached hydrogens (primary N) is 1. The predicted octanol–water partition coefficient (Wildman–Crippen LogP) is 1.88. The largest absolute Gasteiger partial charge is 0.383 e. The van der Waals surface area contributed by atoms with Gasteiger partial charge in [0.25, 0.3) is 0 Å². The summed E-state index contributed by atoms with van der Waals surface area (Å²) in [5, 5.41) is 3.06. The summed E-state index contributed by atoms with van der Waals surface area (Å²) in [6.07, 6.45) is 0.845. The lowest BCUT2D eigenvalue weighted by atomic mass is 10.1. The van der Waals surface area contributed by atoms with E-state index in [0.717, 1.165) is 12.0 Å². The van der Waals surface area contributed by atoms with Crippen molar-refractivity contribution in [1.82, 2.24) is 10.0 Å². The molecule has 4 N–H and O–H groups in total. The van der Waals surface area contributed by atoms with Gasteiger partial charge in [0.05, 0.1) is 18.0 Å². The number of sulfonamides is 1. The molecule has 9 heteroatoms. The molecule has 0 radical (unpaired) electrons. The van der Waals surface area contributed by atoms with E-state index in [1.807, 2.05) is 24.3 Å². The van der Waals surface area contributed by atoms with E-state index in [0.29, 0.717) is 25.7 Å². The van der Waals surface area contributed by atoms with Crippen LogP contribution in [0.1, 0.15) is 11.1 Å². The molecule has 0 fully saturated rings. The fourth-order valence-electron chi connectivity index (χ4n) is 2.38. The molecule has 0 aliphatic heterocycles. The second-order valence-electron chi connectivity index (χ2n) is 5.90. The molecule has 2 aromatic rings. The first-order valence-corrected chi connectivity index (χ1v) is 10.1. The first kappa shape index (κ1) is 24.3. The van der Waals surface area contributed by atoms with Crippen LogP contribution >= 0.6 is 24.0 Å². The van der Waals surface area contributed by atoms with Crippen LogP contribution in [0.5, 0.6) is 0 Å². The summed E-state index contributed by atoms with van der Waals surface area (Å²) in [4.78, 5) is 4.47. The Morgan fingerprint density at radius 1 is 1.07 bits per heavy atom. The second-order valence-corrected chi connectivity index (χ2v) is 7.67. The maximum absolute atomic E-state index is 12.2. The zero-order valence-electron chi connectivity index (χ0n) is 15.8. The number of hydrogen-bond acceptors (Lipinski definition) is 4. The molecule has 0 bridgehead atoms. The van der Waals surface area contributed by atoms with Crippen molar-refractivity contribution in [2.45, 2.75) is 17.9 Å². The predicted molar refractivity (Wildman–Crippen MR) is 122 cm³/mol. The number of rotatable bonds is 10. The van der Waals surface area contributed by atoms with Crippen LogP contribution in [0, 0.1) is 0 Å². The van der Waals surface area contributed by atoms with Crippen LogP contribution < -0.4 is 15.8 Å². The number of guanidine groups is 1. The Morgan fingerprint density at radius 2 is 1.79 bits per heavy atom. The van der Waals surface area contributed by atoms with Gasteiger partial charge in [-0.15, -0.1) is 24.0 Å². The van der Waals surface area contributed by atoms with E-state index in [-0.39, 0.29) is 35.4 Å². The van der Waals surface area contributed by atoms with Crippen LogP contribution in [0.25, 0.3) is 0 Å². The van der Waals surface area contributed by atoms with Crippen molar-refractivity contribution in [3.8, 4) is 0 Å². The Labute approximate surface area is 183 Å². The van der Waals surface area contributed by atoms with Gasteiger partial charge in [-0.25, -0.2) is 18.1 Å². The molecule has 0 aromatic heterocycles. The van der Waals surface area contributed by atoms with Crippen LogP contribution in [-0.2, 0) is 27.7 Å². The first-order chi connectivity index (χ1) is 13.0. The molecular formula is C19H27IN4O3S. The number of halogens is 1. The summed E-state index contributed by atoms with van der Waals surface area (Å²) in [6.45, 7) is 1.51. The van der Waals surface area contributed by atoms with Gasteiger partial charge < -0.3 is 15.8 Å². The third kappa shape index (κ3) is 8.55. The minimum atomic E-state index is -3.56. The van der Waals surface area contributed by atoms with Gasteiger partial charge in [0, 0.05) is 20.2 Å². The summed E-state index contributed by atoms with van der Waals surface area (Å²) in [7, 11) is -2.04. The highest BCUT2D eigenvalue weighted by atomic mass is 127. The molecule has 28 heavy (non-hydrogen) atoms. The molecule has 2 aromatic carbocycles. The molecule has 2 rings (SSSR count). The minimum Gasteiger partial charge on any atom is -0.383 e. The van der Waals surface area contributed by atoms with Crippen molar-refractivity contribution in [3.63, 3.8) is 0 Å². The van der Waals surface area contributed by atoms with E-state index >= 15 is 0 Å². The van der Waals surface area contributed by atoms with Crippen LogP contribution in [0.4, 0.5) is 0 Å². The molecule has 154 valence electrons. The fraction of sp³-hybridized carbons (Fsp3) is 0.316. The van der Waals surface area contributed by atoms with Crippen LogP contribution in [0.2, 0.25) is 0 Å². The van der Waals surface area contributed by atoms with Gasteiger partial charge in [-0.05, 0) is 29.7 Å². The molecule has 0 spiro atoms. The van der Waals surface area contributed by atoms with E-state index in [1.165, 1.54) is 12.7 Å². The normalized spacial score (nSPS) is 11.7. The van der Waals surface area contributed by atoms with Gasteiger partial charge in [-0.1, -0.05) is 42.5 Å². The summed E-state index contributed by atoms with van der Waals surface area (Å²) < 4.78 is 31.8. The smallest absolute Gasteiger partial charge is 0.240 e. The monoisotopic (exact) mass is 518 g/mol. The Morgan fingerprint density at radius 3 is 2.50 bits per heavy atom. The van der Waals surface area contributed by atoms with Gasteiger partial charge in [0.1, 0.15) is 0 Å². The van der Waals surface area contributed by atoms with Crippen molar-refractivity contribution in [3.05, 3.63) is 65.7 Å². The Hall–Kier alpha value is -1.69. The third-order valence-electron chi connectivity index (χ3n) is 3.80. The maximum Gasteiger partial charge on any atom is 0.240 e. The topological polar surface area (TPSA) is 106 Å². The lowest BCUT2D eigenvalue weighted by molar-refractivity contribution is 0.204. The minimum absolute atomic E-state index is 0. The molecule has 0 atom stereocenters. The number of ether oxygens (including phenoxy) is 1. The number of methoxy groups -OCH3 is 1. The zero-order valence-corrected chi connectivity index (χ0v) is 18.9. The molecular weight excluding hydrogens is 491 g/mol. The molecule has 0 amide bonds. The summed E-state index contributed by atoms with van der Waals surface area (Å²) in [5.41, 5.74) is 7.87. The molecule has 0 aliphatic rings. The second kappa shape index (κ2) is 12.7. The number of nitrogens with zero attached hydrogens (tertiary/aromatic N) is 1. The van der Waals surface area contributed by atoms with Crippen LogP contribution in [0.15, 0.2) is 64.5 Å². The average Bonchev–Trinajstić information content (AvgIpc) is 2.67. The summed E-state index contributed by atoms with van der Waals surface area (Å²) >= 11 is 0. The number of nitrogens with one attached hydrogen (secondary N) is 2. The molecule has 0 unspecified atom stereocenters. The number of aliphatic imine (C=N–C) groups is 1. The average molecular weight is 518 g/mol. The van der Waals surface area contributed by atoms with E-state index in [4.69, 9.17) is 10.5 Å². The first-order valence-electron chi connectivity index (χ1n) is 8.66. The van der Waals surface area contributed by atoms with Crippen LogP contribution in [0.3, 0.4) is 0 Å². The van der Waals surface area contributed by atoms with Gasteiger partial charge in [-0.2, -0.15) is 0 Å². The van der Waals surface area contributed by atoms with Gasteiger partial charge in [0.2, 0.25) is 10.0 Å². The quantitative estimate of drug-likeness (QED) is 0.193. The molecule has 0 saturated heterocycles. The lowest BCUT2D eigenvalue weighted by Gasteiger charge is -2.08. The van der Waals surface area contributed by atoms with E-state index in [9.17, 15) is 8.42 Å². The number of benzene rings is 2. The number of hydrogen-bond donors (Lipinski definition) is 3. The molecule has 0 heterocycles. The van der Waals surface area contributed by atoms with Gasteiger partial charge >= 0.3 is 0 Å². The van der Waals surface area contributed by atoms with Crippen molar-refractivity contribution < 1.29 is 13.2 Å². The zero-order chi connectivity index (χ0) is 19.5. The Kier molecular flexibility index (Phi) is 11.0. The van der Waals surface area contributed by atoms with Crippen molar-refractivity contribution in [1.29, 1.82) is 0 Å². The SMILES string of the molecule is COCCNS(=O)(=O)c1cccc(CN=C(N)NCCc2ccccc2)c1.I. The summed E-state index contributed by atoms with van der Waals surface area (Å²) in [5.74, 6) is 0.331. The molecule has 0 aliphatic carbocycles. The van der Waals surface area contributed by atoms with Gasteiger partial charge in [0.15, 0.2) is 5.96 Å². The fourth-order valence-corrected chi connectivity index (χ4v) is 3.47. The Bertz CT molecular complexity index is 845. The van der Waals surface area contributed by atoms with Crippen molar-refractivity contribution in [2.75, 3.05) is 26.8 Å². The lowest BCUT2D eigenvalue weighted by Crippen LogP contribution is -2.33. The van der Waals surface area contributed by atoms with Crippen molar-refractivity contribution >= 4 is 40.0 Å². The summed E-state index contributed by atoms with van der Waals surface area (Å²) in [6, 6.07) is 16.7. The van der Waals surface area contributed by atoms with E-state index < -0.39 is 10.0 Å². The van der Waals surface area contributed by atoms with E-state index in [1.54, 1.807) is 18.2 Å². The molecule has 7 nitrogen and oxygen atoms in total. The maximum atomic E-state index is 12.2. The third-order valence-corrected chi connectivity index (χ3v) is 5.26. The van der Waals surface area contributed by atoms with Crippen molar-refractivity contribution in [2.24, 2.45) is 10.7 Å².